The number of methoxy groups -OCH3 is 1. The van der Waals surface area contributed by atoms with Gasteiger partial charge in [0.1, 0.15) is 5.75 Å². The molecule has 0 aromatic carbocycles. The molecule has 0 radical (unpaired) electrons. The number of unbranched alkanes of at least 4 members (excludes halogenated alkanes) is 1. The van der Waals surface area contributed by atoms with E-state index in [1.165, 1.54) is 0 Å². The summed E-state index contributed by atoms with van der Waals surface area (Å²) >= 11 is 1.14. The van der Waals surface area contributed by atoms with Crippen LogP contribution in [0.1, 0.15) is 58.2 Å². The van der Waals surface area contributed by atoms with Gasteiger partial charge in [0.15, 0.2) is 0 Å². The number of amides is 1. The van der Waals surface area contributed by atoms with Crippen LogP contribution in [-0.2, 0) is 4.79 Å². The number of hydrogen-bond acceptors (Lipinski definition) is 9. The van der Waals surface area contributed by atoms with Gasteiger partial charge in [0.25, 0.3) is 11.1 Å². The minimum atomic E-state index is -0.320. The maximum absolute atomic E-state index is 13.6. The molecule has 0 aliphatic rings. The van der Waals surface area contributed by atoms with Crippen LogP contribution in [-0.4, -0.2) is 52.7 Å². The molecule has 10 heteroatoms. The van der Waals surface area contributed by atoms with E-state index < -0.39 is 0 Å². The van der Waals surface area contributed by atoms with Crippen molar-refractivity contribution in [1.29, 1.82) is 0 Å². The molecule has 9 nitrogen and oxygen atoms in total. The zero-order valence-electron chi connectivity index (χ0n) is 22.9. The molecule has 0 atom stereocenters. The zero-order chi connectivity index (χ0) is 27.9. The predicted molar refractivity (Wildman–Crippen MR) is 154 cm³/mol. The van der Waals surface area contributed by atoms with Crippen LogP contribution in [0.4, 0.5) is 5.13 Å². The van der Waals surface area contributed by atoms with Crippen molar-refractivity contribution < 1.29 is 19.4 Å². The van der Waals surface area contributed by atoms with Crippen LogP contribution in [0.15, 0.2) is 58.4 Å². The molecule has 0 aliphatic carbocycles. The predicted octanol–water partition coefficient (Wildman–Crippen LogP) is 5.70. The number of aromatic nitrogens is 3. The Kier molecular flexibility index (Phi) is 13.1. The molecule has 0 bridgehead atoms. The average molecular weight is 540 g/mol. The minimum absolute atomic E-state index is 0.111. The summed E-state index contributed by atoms with van der Waals surface area (Å²) in [5.74, 6) is 0.257. The van der Waals surface area contributed by atoms with E-state index in [-0.39, 0.29) is 12.5 Å². The van der Waals surface area contributed by atoms with Crippen molar-refractivity contribution in [2.45, 2.75) is 53.9 Å². The molecule has 0 saturated carbocycles. The molecule has 0 aliphatic heterocycles. The number of hydrogen-bond donors (Lipinski definition) is 2. The van der Waals surface area contributed by atoms with Gasteiger partial charge in [0, 0.05) is 29.5 Å². The van der Waals surface area contributed by atoms with Crippen molar-refractivity contribution in [3.05, 3.63) is 64.7 Å². The number of allylic oxidation sites excluding steroid dienone is 5. The number of nitrogens with one attached hydrogen (secondary N) is 1. The number of nitrogens with zero attached hydrogens (tertiary/aromatic N) is 4. The third-order valence-corrected chi connectivity index (χ3v) is 5.82. The molecule has 0 unspecified atom stereocenters. The van der Waals surface area contributed by atoms with Crippen LogP contribution in [0.25, 0.3) is 5.57 Å². The van der Waals surface area contributed by atoms with Crippen LogP contribution in [0.3, 0.4) is 0 Å². The fourth-order valence-electron chi connectivity index (χ4n) is 3.24. The second-order valence-electron chi connectivity index (χ2n) is 8.48. The fourth-order valence-corrected chi connectivity index (χ4v) is 3.85. The first-order chi connectivity index (χ1) is 18.3. The number of aliphatic hydroxyl groups excluding tert-OH is 1. The Labute approximate surface area is 228 Å². The van der Waals surface area contributed by atoms with Crippen LogP contribution < -0.4 is 14.8 Å². The Morgan fingerprint density at radius 3 is 2.71 bits per heavy atom. The zero-order valence-corrected chi connectivity index (χ0v) is 23.8. The first kappa shape index (κ1) is 30.6. The van der Waals surface area contributed by atoms with E-state index in [1.54, 1.807) is 25.6 Å². The molecular weight excluding hydrogens is 502 g/mol. The summed E-state index contributed by atoms with van der Waals surface area (Å²) < 4.78 is 11.2. The monoisotopic (exact) mass is 539 g/mol. The molecule has 0 fully saturated rings. The van der Waals surface area contributed by atoms with Crippen molar-refractivity contribution in [1.82, 2.24) is 15.2 Å². The molecule has 0 spiro atoms. The van der Waals surface area contributed by atoms with Crippen LogP contribution in [0.5, 0.6) is 10.9 Å². The third kappa shape index (κ3) is 9.68. The van der Waals surface area contributed by atoms with Crippen LogP contribution >= 0.6 is 11.3 Å². The Balaban J connectivity index is 2.32. The first-order valence-electron chi connectivity index (χ1n) is 12.5. The van der Waals surface area contributed by atoms with Crippen molar-refractivity contribution in [3.63, 3.8) is 0 Å². The van der Waals surface area contributed by atoms with Gasteiger partial charge in [-0.15, -0.1) is 5.10 Å². The SMILES string of the molecule is C/C=C(/CO)N=CCCOc1nnc(NC(=O)C(/C=C/CCC)=C(/C=C(C)C)c2cc(C)ncc2OC)s1. The van der Waals surface area contributed by atoms with Gasteiger partial charge >= 0.3 is 0 Å². The molecule has 2 rings (SSSR count). The normalized spacial score (nSPS) is 12.6. The van der Waals surface area contributed by atoms with Crippen molar-refractivity contribution in [3.8, 4) is 10.9 Å². The van der Waals surface area contributed by atoms with Gasteiger partial charge in [-0.05, 0) is 57.1 Å². The minimum Gasteiger partial charge on any atom is -0.494 e. The highest BCUT2D eigenvalue weighted by atomic mass is 32.1. The summed E-state index contributed by atoms with van der Waals surface area (Å²) in [5, 5.41) is 20.7. The number of rotatable bonds is 14. The van der Waals surface area contributed by atoms with Gasteiger partial charge in [-0.25, -0.2) is 0 Å². The smallest absolute Gasteiger partial charge is 0.295 e. The summed E-state index contributed by atoms with van der Waals surface area (Å²) in [4.78, 5) is 22.1. The summed E-state index contributed by atoms with van der Waals surface area (Å²) in [5.41, 5.74) is 4.41. The van der Waals surface area contributed by atoms with E-state index in [0.717, 1.165) is 46.6 Å². The molecular formula is C28H37N5O4S. The third-order valence-electron chi connectivity index (χ3n) is 5.07. The highest BCUT2D eigenvalue weighted by molar-refractivity contribution is 7.17. The van der Waals surface area contributed by atoms with Gasteiger partial charge in [0.05, 0.1) is 32.2 Å². The van der Waals surface area contributed by atoms with Crippen molar-refractivity contribution >= 4 is 34.2 Å². The first-order valence-corrected chi connectivity index (χ1v) is 13.3. The van der Waals surface area contributed by atoms with Crippen LogP contribution in [0, 0.1) is 6.92 Å². The van der Waals surface area contributed by atoms with Crippen molar-refractivity contribution in [2.24, 2.45) is 4.99 Å². The van der Waals surface area contributed by atoms with Gasteiger partial charge in [-0.3, -0.25) is 20.1 Å². The van der Waals surface area contributed by atoms with E-state index in [1.807, 2.05) is 52.0 Å². The molecule has 2 N–H and O–H groups in total. The Bertz CT molecular complexity index is 1220. The number of aliphatic hydroxyl groups is 1. The number of aliphatic imine (C=N–C) groups is 1. The fraction of sp³-hybridized carbons (Fsp3) is 0.393. The van der Waals surface area contributed by atoms with Crippen LogP contribution in [0.2, 0.25) is 0 Å². The van der Waals surface area contributed by atoms with E-state index >= 15 is 0 Å². The van der Waals surface area contributed by atoms with Crippen molar-refractivity contribution in [2.75, 3.05) is 25.6 Å². The quantitative estimate of drug-likeness (QED) is 0.137. The number of pyridine rings is 1. The van der Waals surface area contributed by atoms with E-state index in [4.69, 9.17) is 14.6 Å². The van der Waals surface area contributed by atoms with Gasteiger partial charge in [-0.1, -0.05) is 48.3 Å². The number of carbonyl (C=O) groups is 1. The Morgan fingerprint density at radius 1 is 1.26 bits per heavy atom. The van der Waals surface area contributed by atoms with Gasteiger partial charge in [0.2, 0.25) is 5.13 Å². The molecule has 2 aromatic rings. The second kappa shape index (κ2) is 16.3. The largest absolute Gasteiger partial charge is 0.494 e. The number of aryl methyl sites for hydroxylation is 1. The summed E-state index contributed by atoms with van der Waals surface area (Å²) in [7, 11) is 1.59. The average Bonchev–Trinajstić information content (AvgIpc) is 3.34. The number of carbonyl (C=O) groups excluding carboxylic acids is 1. The summed E-state index contributed by atoms with van der Waals surface area (Å²) in [6.07, 6.45) is 13.2. The summed E-state index contributed by atoms with van der Waals surface area (Å²) in [6, 6.07) is 1.91. The van der Waals surface area contributed by atoms with Gasteiger partial charge in [-0.2, -0.15) is 0 Å². The van der Waals surface area contributed by atoms with Gasteiger partial charge < -0.3 is 14.6 Å². The molecule has 38 heavy (non-hydrogen) atoms. The standard InChI is InChI=1S/C28H37N5O4S/c1-7-9-10-12-22(23(15-19(3)4)24-16-20(5)30-17-25(24)36-6)26(35)31-27-32-33-28(38-27)37-14-11-13-29-21(8-2)18-34/h8,10,12-13,15-17,34H,7,9,11,14,18H2,1-6H3,(H,31,32,35)/b12-10+,21-8-,23-22-,29-13?. The van der Waals surface area contributed by atoms with E-state index in [0.29, 0.717) is 40.4 Å². The molecule has 2 aromatic heterocycles. The maximum Gasteiger partial charge on any atom is 0.295 e. The lowest BCUT2D eigenvalue weighted by Crippen LogP contribution is -2.15. The molecule has 2 heterocycles. The summed E-state index contributed by atoms with van der Waals surface area (Å²) in [6.45, 7) is 9.98. The second-order valence-corrected chi connectivity index (χ2v) is 9.42. The lowest BCUT2D eigenvalue weighted by atomic mass is 9.96. The maximum atomic E-state index is 13.6. The van der Waals surface area contributed by atoms with E-state index in [9.17, 15) is 4.79 Å². The molecule has 1 amide bonds. The number of anilines is 1. The topological polar surface area (TPSA) is 119 Å². The Hall–Kier alpha value is -3.63. The lowest BCUT2D eigenvalue weighted by molar-refractivity contribution is -0.112. The van der Waals surface area contributed by atoms with E-state index in [2.05, 4.69) is 32.4 Å². The highest BCUT2D eigenvalue weighted by Gasteiger charge is 2.19. The lowest BCUT2D eigenvalue weighted by Gasteiger charge is -2.14. The number of ether oxygens (including phenoxy) is 2. The Morgan fingerprint density at radius 2 is 2.05 bits per heavy atom. The highest BCUT2D eigenvalue weighted by Crippen LogP contribution is 2.32. The molecule has 204 valence electrons. The molecule has 0 saturated heterocycles.